The van der Waals surface area contributed by atoms with Crippen molar-refractivity contribution in [2.75, 3.05) is 11.1 Å². The van der Waals surface area contributed by atoms with Gasteiger partial charge in [0.15, 0.2) is 11.6 Å². The van der Waals surface area contributed by atoms with E-state index in [-0.39, 0.29) is 51.3 Å². The Bertz CT molecular complexity index is 1380. The molecule has 0 heterocycles. The number of phenolic OH excluding ortho intramolecular Hbond substituents is 2. The average molecular weight is 519 g/mol. The monoisotopic (exact) mass is 518 g/mol. The highest BCUT2D eigenvalue weighted by molar-refractivity contribution is 7.99. The molecule has 0 spiro atoms. The molecule has 0 aliphatic heterocycles. The number of benzene rings is 3. The fourth-order valence-electron chi connectivity index (χ4n) is 4.58. The highest BCUT2D eigenvalue weighted by Gasteiger charge is 2.35. The third-order valence-corrected chi connectivity index (χ3v) is 7.77. The molecule has 37 heavy (non-hydrogen) atoms. The van der Waals surface area contributed by atoms with E-state index in [1.165, 1.54) is 18.2 Å². The van der Waals surface area contributed by atoms with Gasteiger partial charge in [-0.2, -0.15) is 0 Å². The van der Waals surface area contributed by atoms with Crippen molar-refractivity contribution in [2.24, 2.45) is 5.92 Å². The van der Waals surface area contributed by atoms with E-state index >= 15 is 0 Å². The Morgan fingerprint density at radius 3 is 2.30 bits per heavy atom. The van der Waals surface area contributed by atoms with Gasteiger partial charge in [0.25, 0.3) is 0 Å². The van der Waals surface area contributed by atoms with Crippen molar-refractivity contribution < 1.29 is 24.6 Å². The van der Waals surface area contributed by atoms with Crippen molar-refractivity contribution in [3.05, 3.63) is 70.8 Å². The van der Waals surface area contributed by atoms with Crippen LogP contribution in [0.3, 0.4) is 0 Å². The third-order valence-electron chi connectivity index (χ3n) is 6.66. The number of carbonyl (C=O) groups excluding carboxylic acids is 3. The lowest BCUT2D eigenvalue weighted by atomic mass is 9.83. The van der Waals surface area contributed by atoms with Crippen molar-refractivity contribution in [2.45, 2.75) is 55.7 Å². The number of carbonyl (C=O) groups is 3. The fourth-order valence-corrected chi connectivity index (χ4v) is 5.61. The largest absolute Gasteiger partial charge is 0.508 e. The van der Waals surface area contributed by atoms with E-state index in [0.717, 1.165) is 37.4 Å². The number of nitrogen functional groups attached to an aromatic ring is 1. The van der Waals surface area contributed by atoms with Gasteiger partial charge in [-0.3, -0.25) is 14.4 Å². The molecule has 1 aliphatic carbocycles. The molecule has 192 valence electrons. The standard InChI is InChI=1S/C29H30N2O5S/c1-3-5-8-16(4-2)13-24(34)31-20-12-11-17(32)14-22(20)37-23-15-21(33)25-26(27(23)30)29(36)19-10-7-6-9-18(19)28(25)35/h6-7,9-12,14-16,32-33H,3-5,8,13,30H2,1-2H3,(H,31,34). The SMILES string of the molecule is CCCCC(CC)CC(=O)Nc1ccc(O)cc1Sc1cc(O)c2c(c1N)C(=O)c1ccccc1C2=O. The second kappa shape index (κ2) is 11.1. The summed E-state index contributed by atoms with van der Waals surface area (Å²) in [5, 5.41) is 23.8. The zero-order valence-corrected chi connectivity index (χ0v) is 21.7. The molecule has 8 heteroatoms. The maximum atomic E-state index is 13.3. The Morgan fingerprint density at radius 2 is 1.65 bits per heavy atom. The predicted octanol–water partition coefficient (Wildman–Crippen LogP) is 6.15. The number of anilines is 2. The number of hydrogen-bond acceptors (Lipinski definition) is 7. The molecule has 7 nitrogen and oxygen atoms in total. The van der Waals surface area contributed by atoms with Crippen molar-refractivity contribution in [3.63, 3.8) is 0 Å². The van der Waals surface area contributed by atoms with Gasteiger partial charge in [0, 0.05) is 27.3 Å². The van der Waals surface area contributed by atoms with Gasteiger partial charge in [-0.1, -0.05) is 69.1 Å². The van der Waals surface area contributed by atoms with Crippen LogP contribution in [0.5, 0.6) is 11.5 Å². The Hall–Kier alpha value is -3.78. The van der Waals surface area contributed by atoms with Crippen LogP contribution >= 0.6 is 11.8 Å². The molecule has 0 radical (unpaired) electrons. The van der Waals surface area contributed by atoms with Gasteiger partial charge < -0.3 is 21.3 Å². The molecular weight excluding hydrogens is 488 g/mol. The highest BCUT2D eigenvalue weighted by Crippen LogP contribution is 2.45. The van der Waals surface area contributed by atoms with E-state index in [9.17, 15) is 24.6 Å². The van der Waals surface area contributed by atoms with Gasteiger partial charge in [0.1, 0.15) is 11.5 Å². The average Bonchev–Trinajstić information content (AvgIpc) is 2.88. The van der Waals surface area contributed by atoms with Crippen LogP contribution < -0.4 is 11.1 Å². The maximum absolute atomic E-state index is 13.3. The molecule has 1 atom stereocenters. The molecule has 4 rings (SSSR count). The summed E-state index contributed by atoms with van der Waals surface area (Å²) in [4.78, 5) is 39.9. The molecule has 5 N–H and O–H groups in total. The number of nitrogens with two attached hydrogens (primary N) is 1. The number of ketones is 2. The summed E-state index contributed by atoms with van der Waals surface area (Å²) in [6, 6.07) is 12.3. The first kappa shape index (κ1) is 26.3. The normalized spacial score (nSPS) is 13.1. The van der Waals surface area contributed by atoms with Crippen LogP contribution in [0.4, 0.5) is 11.4 Å². The fraction of sp³-hybridized carbons (Fsp3) is 0.276. The van der Waals surface area contributed by atoms with E-state index in [2.05, 4.69) is 19.2 Å². The number of amides is 1. The smallest absolute Gasteiger partial charge is 0.224 e. The molecule has 0 aromatic heterocycles. The van der Waals surface area contributed by atoms with Gasteiger partial charge >= 0.3 is 0 Å². The van der Waals surface area contributed by atoms with Crippen molar-refractivity contribution in [1.29, 1.82) is 0 Å². The number of aromatic hydroxyl groups is 2. The van der Waals surface area contributed by atoms with E-state index < -0.39 is 11.6 Å². The number of hydrogen-bond donors (Lipinski definition) is 4. The molecular formula is C29H30N2O5S. The summed E-state index contributed by atoms with van der Waals surface area (Å²) < 4.78 is 0. The maximum Gasteiger partial charge on any atom is 0.224 e. The molecule has 1 unspecified atom stereocenters. The van der Waals surface area contributed by atoms with Crippen LogP contribution in [0.15, 0.2) is 58.3 Å². The zero-order chi connectivity index (χ0) is 26.7. The van der Waals surface area contributed by atoms with Gasteiger partial charge in [0.2, 0.25) is 5.91 Å². The van der Waals surface area contributed by atoms with Gasteiger partial charge in [0.05, 0.1) is 22.5 Å². The topological polar surface area (TPSA) is 130 Å². The van der Waals surface area contributed by atoms with Crippen LogP contribution in [-0.2, 0) is 4.79 Å². The molecule has 1 amide bonds. The van der Waals surface area contributed by atoms with Gasteiger partial charge in [-0.15, -0.1) is 0 Å². The summed E-state index contributed by atoms with van der Waals surface area (Å²) in [7, 11) is 0. The summed E-state index contributed by atoms with van der Waals surface area (Å²) in [6.45, 7) is 4.20. The van der Waals surface area contributed by atoms with Crippen molar-refractivity contribution >= 4 is 40.6 Å². The van der Waals surface area contributed by atoms with E-state index in [4.69, 9.17) is 5.73 Å². The minimum Gasteiger partial charge on any atom is -0.508 e. The Kier molecular flexibility index (Phi) is 7.88. The molecule has 0 saturated carbocycles. The quantitative estimate of drug-likeness (QED) is 0.154. The number of fused-ring (bicyclic) bond motifs is 2. The van der Waals surface area contributed by atoms with Crippen LogP contribution in [0.2, 0.25) is 0 Å². The summed E-state index contributed by atoms with van der Waals surface area (Å²) in [6.07, 6.45) is 4.42. The van der Waals surface area contributed by atoms with Gasteiger partial charge in [-0.25, -0.2) is 0 Å². The molecule has 0 fully saturated rings. The van der Waals surface area contributed by atoms with Crippen molar-refractivity contribution in [1.82, 2.24) is 0 Å². The molecule has 0 bridgehead atoms. The summed E-state index contributed by atoms with van der Waals surface area (Å²) in [5.74, 6) is -1.13. The molecule has 3 aromatic rings. The van der Waals surface area contributed by atoms with E-state index in [1.807, 2.05) is 0 Å². The Morgan fingerprint density at radius 1 is 0.973 bits per heavy atom. The van der Waals surface area contributed by atoms with Crippen LogP contribution in [0.1, 0.15) is 77.8 Å². The first-order valence-electron chi connectivity index (χ1n) is 12.4. The van der Waals surface area contributed by atoms with Crippen LogP contribution in [-0.4, -0.2) is 27.7 Å². The number of phenols is 2. The summed E-state index contributed by atoms with van der Waals surface area (Å²) in [5.41, 5.74) is 7.21. The van der Waals surface area contributed by atoms with E-state index in [0.29, 0.717) is 21.9 Å². The molecule has 1 aliphatic rings. The lowest BCUT2D eigenvalue weighted by Crippen LogP contribution is -2.22. The lowest BCUT2D eigenvalue weighted by molar-refractivity contribution is -0.117. The predicted molar refractivity (Wildman–Crippen MR) is 145 cm³/mol. The Balaban J connectivity index is 1.66. The number of rotatable bonds is 9. The minimum absolute atomic E-state index is 0.0178. The van der Waals surface area contributed by atoms with Crippen LogP contribution in [0, 0.1) is 5.92 Å². The molecule has 3 aromatic carbocycles. The number of unbranched alkanes of at least 4 members (excludes halogenated alkanes) is 1. The lowest BCUT2D eigenvalue weighted by Gasteiger charge is -2.22. The van der Waals surface area contributed by atoms with Crippen LogP contribution in [0.25, 0.3) is 0 Å². The zero-order valence-electron chi connectivity index (χ0n) is 20.8. The number of nitrogens with one attached hydrogen (secondary N) is 1. The third kappa shape index (κ3) is 5.34. The highest BCUT2D eigenvalue weighted by atomic mass is 32.2. The second-order valence-corrected chi connectivity index (χ2v) is 10.3. The summed E-state index contributed by atoms with van der Waals surface area (Å²) >= 11 is 1.08. The second-order valence-electron chi connectivity index (χ2n) is 9.21. The molecule has 0 saturated heterocycles. The van der Waals surface area contributed by atoms with Crippen molar-refractivity contribution in [3.8, 4) is 11.5 Å². The first-order chi connectivity index (χ1) is 17.7. The van der Waals surface area contributed by atoms with Gasteiger partial charge in [-0.05, 0) is 36.6 Å². The minimum atomic E-state index is -0.468. The first-order valence-corrected chi connectivity index (χ1v) is 13.2. The van der Waals surface area contributed by atoms with E-state index in [1.54, 1.807) is 30.3 Å². The Labute approximate surface area is 220 Å².